The topological polar surface area (TPSA) is 43.8 Å². The van der Waals surface area contributed by atoms with E-state index >= 15 is 0 Å². The molecule has 0 aromatic carbocycles. The van der Waals surface area contributed by atoms with Gasteiger partial charge in [-0.05, 0) is 25.3 Å². The number of likely N-dealkylation sites (N-methyl/N-ethyl adjacent to an activating group) is 1. The summed E-state index contributed by atoms with van der Waals surface area (Å²) in [5.41, 5.74) is 0. The molecule has 17 heavy (non-hydrogen) atoms. The van der Waals surface area contributed by atoms with Crippen molar-refractivity contribution >= 4 is 5.91 Å². The van der Waals surface area contributed by atoms with Gasteiger partial charge in [-0.2, -0.15) is 0 Å². The van der Waals surface area contributed by atoms with E-state index < -0.39 is 0 Å². The van der Waals surface area contributed by atoms with Crippen LogP contribution in [-0.4, -0.2) is 60.1 Å². The molecule has 100 valence electrons. The van der Waals surface area contributed by atoms with Gasteiger partial charge in [0.1, 0.15) is 6.04 Å². The first-order valence-electron chi connectivity index (χ1n) is 6.55. The van der Waals surface area contributed by atoms with Crippen LogP contribution >= 0.6 is 0 Å². The second-order valence-electron chi connectivity index (χ2n) is 5.71. The van der Waals surface area contributed by atoms with Crippen LogP contribution in [0.3, 0.4) is 0 Å². The first-order valence-corrected chi connectivity index (χ1v) is 6.55. The summed E-state index contributed by atoms with van der Waals surface area (Å²) in [6, 6.07) is -0.355. The van der Waals surface area contributed by atoms with Crippen molar-refractivity contribution in [3.63, 3.8) is 0 Å². The van der Waals surface area contributed by atoms with E-state index in [0.29, 0.717) is 11.8 Å². The van der Waals surface area contributed by atoms with E-state index in [0.717, 1.165) is 26.1 Å². The Hall–Kier alpha value is -0.610. The number of nitrogens with zero attached hydrogens (tertiary/aromatic N) is 2. The van der Waals surface area contributed by atoms with Gasteiger partial charge >= 0.3 is 0 Å². The largest absolute Gasteiger partial charge is 0.394 e. The maximum atomic E-state index is 12.3. The highest BCUT2D eigenvalue weighted by atomic mass is 16.3. The van der Waals surface area contributed by atoms with Gasteiger partial charge in [-0.3, -0.25) is 9.69 Å². The average molecular weight is 242 g/mol. The van der Waals surface area contributed by atoms with Crippen molar-refractivity contribution in [1.29, 1.82) is 0 Å². The molecule has 0 aromatic heterocycles. The molecule has 1 rings (SSSR count). The monoisotopic (exact) mass is 242 g/mol. The second-order valence-corrected chi connectivity index (χ2v) is 5.71. The Bertz CT molecular complexity index is 256. The van der Waals surface area contributed by atoms with Crippen LogP contribution in [0.2, 0.25) is 0 Å². The molecule has 2 unspecified atom stereocenters. The summed E-state index contributed by atoms with van der Waals surface area (Å²) in [6.07, 6.45) is 1.03. The SMILES string of the molecule is CC(C)CCN1CC(C)CN(C)C(CO)C1=O. The standard InChI is InChI=1S/C13H26N2O2/c1-10(2)5-6-15-8-11(3)7-14(4)12(9-16)13(15)17/h10-12,16H,5-9H2,1-4H3. The zero-order valence-electron chi connectivity index (χ0n) is 11.5. The number of rotatable bonds is 4. The molecule has 0 radical (unpaired) electrons. The lowest BCUT2D eigenvalue weighted by Gasteiger charge is -2.27. The molecule has 1 aliphatic rings. The molecule has 1 fully saturated rings. The molecule has 1 aliphatic heterocycles. The van der Waals surface area contributed by atoms with E-state index in [-0.39, 0.29) is 18.6 Å². The molecule has 4 nitrogen and oxygen atoms in total. The van der Waals surface area contributed by atoms with Gasteiger partial charge in [0.15, 0.2) is 0 Å². The quantitative estimate of drug-likeness (QED) is 0.793. The van der Waals surface area contributed by atoms with Crippen molar-refractivity contribution in [2.45, 2.75) is 33.2 Å². The maximum Gasteiger partial charge on any atom is 0.242 e. The minimum absolute atomic E-state index is 0.0831. The third kappa shape index (κ3) is 3.96. The molecule has 1 saturated heterocycles. The van der Waals surface area contributed by atoms with Crippen molar-refractivity contribution in [1.82, 2.24) is 9.80 Å². The predicted octanol–water partition coefficient (Wildman–Crippen LogP) is 0.804. The van der Waals surface area contributed by atoms with Gasteiger partial charge in [0.05, 0.1) is 6.61 Å². The number of amides is 1. The lowest BCUT2D eigenvalue weighted by atomic mass is 10.1. The average Bonchev–Trinajstić information content (AvgIpc) is 2.33. The molecule has 4 heteroatoms. The fourth-order valence-corrected chi connectivity index (χ4v) is 2.38. The van der Waals surface area contributed by atoms with E-state index in [1.54, 1.807) is 0 Å². The molecule has 1 amide bonds. The van der Waals surface area contributed by atoms with Gasteiger partial charge < -0.3 is 10.0 Å². The lowest BCUT2D eigenvalue weighted by molar-refractivity contribution is -0.136. The van der Waals surface area contributed by atoms with Gasteiger partial charge in [0.25, 0.3) is 0 Å². The van der Waals surface area contributed by atoms with E-state index in [4.69, 9.17) is 0 Å². The first-order chi connectivity index (χ1) is 7.95. The summed E-state index contributed by atoms with van der Waals surface area (Å²) in [7, 11) is 1.92. The molecule has 0 spiro atoms. The van der Waals surface area contributed by atoms with Crippen LogP contribution in [0.1, 0.15) is 27.2 Å². The molecule has 0 bridgehead atoms. The number of carbonyl (C=O) groups excluding carboxylic acids is 1. The van der Waals surface area contributed by atoms with Crippen LogP contribution in [-0.2, 0) is 4.79 Å². The fraction of sp³-hybridized carbons (Fsp3) is 0.923. The minimum Gasteiger partial charge on any atom is -0.394 e. The molecule has 1 N–H and O–H groups in total. The Morgan fingerprint density at radius 2 is 2.06 bits per heavy atom. The molecule has 0 aromatic rings. The smallest absolute Gasteiger partial charge is 0.242 e. The number of hydrogen-bond donors (Lipinski definition) is 1. The summed E-state index contributed by atoms with van der Waals surface area (Å²) in [5, 5.41) is 9.35. The zero-order valence-corrected chi connectivity index (χ0v) is 11.5. The van der Waals surface area contributed by atoms with Crippen molar-refractivity contribution in [3.8, 4) is 0 Å². The second kappa shape index (κ2) is 6.36. The van der Waals surface area contributed by atoms with Gasteiger partial charge in [-0.25, -0.2) is 0 Å². The Morgan fingerprint density at radius 1 is 1.41 bits per heavy atom. The van der Waals surface area contributed by atoms with Crippen LogP contribution < -0.4 is 0 Å². The molecule has 2 atom stereocenters. The Labute approximate surface area is 105 Å². The van der Waals surface area contributed by atoms with Crippen molar-refractivity contribution in [2.24, 2.45) is 11.8 Å². The number of carbonyl (C=O) groups is 1. The van der Waals surface area contributed by atoms with Gasteiger partial charge in [-0.15, -0.1) is 0 Å². The third-order valence-electron chi connectivity index (χ3n) is 3.41. The predicted molar refractivity (Wildman–Crippen MR) is 68.7 cm³/mol. The number of aliphatic hydroxyl groups excluding tert-OH is 1. The summed E-state index contributed by atoms with van der Waals surface area (Å²) in [4.78, 5) is 16.2. The number of hydrogen-bond acceptors (Lipinski definition) is 3. The Kier molecular flexibility index (Phi) is 5.40. The summed E-state index contributed by atoms with van der Waals surface area (Å²) in [5.74, 6) is 1.15. The Morgan fingerprint density at radius 3 is 2.59 bits per heavy atom. The van der Waals surface area contributed by atoms with Gasteiger partial charge in [0.2, 0.25) is 5.91 Å². The van der Waals surface area contributed by atoms with Gasteiger partial charge in [0, 0.05) is 19.6 Å². The highest BCUT2D eigenvalue weighted by Crippen LogP contribution is 2.15. The van der Waals surface area contributed by atoms with Crippen molar-refractivity contribution in [3.05, 3.63) is 0 Å². The summed E-state index contributed by atoms with van der Waals surface area (Å²) < 4.78 is 0. The first kappa shape index (κ1) is 14.5. The zero-order chi connectivity index (χ0) is 13.0. The minimum atomic E-state index is -0.355. The van der Waals surface area contributed by atoms with E-state index in [1.807, 2.05) is 16.8 Å². The molecule has 1 heterocycles. The van der Waals surface area contributed by atoms with E-state index in [2.05, 4.69) is 20.8 Å². The van der Waals surface area contributed by atoms with Crippen LogP contribution in [0.25, 0.3) is 0 Å². The third-order valence-corrected chi connectivity index (χ3v) is 3.41. The Balaban J connectivity index is 2.70. The molecule has 0 aliphatic carbocycles. The summed E-state index contributed by atoms with van der Waals surface area (Å²) in [6.45, 7) is 8.90. The lowest BCUT2D eigenvalue weighted by Crippen LogP contribution is -2.46. The van der Waals surface area contributed by atoms with E-state index in [9.17, 15) is 9.90 Å². The summed E-state index contributed by atoms with van der Waals surface area (Å²) >= 11 is 0. The van der Waals surface area contributed by atoms with Gasteiger partial charge in [-0.1, -0.05) is 20.8 Å². The normalized spacial score (nSPS) is 27.6. The molecular formula is C13H26N2O2. The molecular weight excluding hydrogens is 216 g/mol. The highest BCUT2D eigenvalue weighted by molar-refractivity contribution is 5.82. The maximum absolute atomic E-state index is 12.3. The van der Waals surface area contributed by atoms with Crippen LogP contribution in [0.15, 0.2) is 0 Å². The van der Waals surface area contributed by atoms with Crippen LogP contribution in [0.4, 0.5) is 0 Å². The molecule has 0 saturated carbocycles. The van der Waals surface area contributed by atoms with Crippen molar-refractivity contribution in [2.75, 3.05) is 33.3 Å². The number of aliphatic hydroxyl groups is 1. The van der Waals surface area contributed by atoms with Crippen molar-refractivity contribution < 1.29 is 9.90 Å². The van der Waals surface area contributed by atoms with Crippen LogP contribution in [0.5, 0.6) is 0 Å². The van der Waals surface area contributed by atoms with Crippen LogP contribution in [0, 0.1) is 11.8 Å². The highest BCUT2D eigenvalue weighted by Gasteiger charge is 2.32. The van der Waals surface area contributed by atoms with E-state index in [1.165, 1.54) is 0 Å². The fourth-order valence-electron chi connectivity index (χ4n) is 2.38.